The first-order valence-corrected chi connectivity index (χ1v) is 9.43. The summed E-state index contributed by atoms with van der Waals surface area (Å²) >= 11 is 0. The normalized spacial score (nSPS) is 11.1. The molecule has 0 aliphatic carbocycles. The molecule has 4 aromatic carbocycles. The molecule has 0 spiro atoms. The topological polar surface area (TPSA) is 66.4 Å². The second kappa shape index (κ2) is 7.40. The predicted molar refractivity (Wildman–Crippen MR) is 112 cm³/mol. The zero-order valence-electron chi connectivity index (χ0n) is 16.1. The number of fused-ring (bicyclic) bond motifs is 2. The Hall–Kier alpha value is -3.66. The van der Waals surface area contributed by atoms with Crippen molar-refractivity contribution < 1.29 is 19.4 Å². The Balaban J connectivity index is 2.17. The van der Waals surface area contributed by atoms with E-state index in [0.717, 1.165) is 21.5 Å². The lowest BCUT2D eigenvalue weighted by molar-refractivity contribution is -0.254. The van der Waals surface area contributed by atoms with Crippen LogP contribution >= 0.6 is 0 Å². The molecule has 0 aliphatic heterocycles. The molecule has 0 saturated heterocycles. The number of carboxylic acid groups (broad SMARTS) is 1. The minimum absolute atomic E-state index is 0.0404. The highest BCUT2D eigenvalue weighted by atomic mass is 16.5. The van der Waals surface area contributed by atoms with Gasteiger partial charge in [0.05, 0.1) is 17.6 Å². The summed E-state index contributed by atoms with van der Waals surface area (Å²) in [5.74, 6) is -1.78. The van der Waals surface area contributed by atoms with Gasteiger partial charge in [-0.15, -0.1) is 0 Å². The Morgan fingerprint density at radius 2 is 1.21 bits per heavy atom. The summed E-state index contributed by atoms with van der Waals surface area (Å²) in [6.07, 6.45) is -0.296. The molecule has 0 radical (unpaired) electrons. The molecule has 0 bridgehead atoms. The molecule has 0 aromatic heterocycles. The van der Waals surface area contributed by atoms with Crippen molar-refractivity contribution in [2.75, 3.05) is 0 Å². The van der Waals surface area contributed by atoms with Gasteiger partial charge in [-0.3, -0.25) is 0 Å². The van der Waals surface area contributed by atoms with Gasteiger partial charge in [-0.1, -0.05) is 66.7 Å². The minimum atomic E-state index is -1.29. The van der Waals surface area contributed by atoms with Crippen molar-refractivity contribution in [3.8, 4) is 11.1 Å². The fraction of sp³-hybridized carbons (Fsp3) is 0.120. The number of esters is 1. The standard InChI is InChI=1S/C25H20O4/c1-15(2)29-25(28)21-14-12-17-8-4-6-10-19(17)23(21)22-18-9-5-3-7-16(18)11-13-20(22)24(26)27/h3-15H,1-2H3,(H,26,27)/p-1. The van der Waals surface area contributed by atoms with Crippen molar-refractivity contribution in [3.63, 3.8) is 0 Å². The summed E-state index contributed by atoms with van der Waals surface area (Å²) < 4.78 is 5.46. The van der Waals surface area contributed by atoms with Crippen molar-refractivity contribution >= 4 is 33.5 Å². The van der Waals surface area contributed by atoms with Gasteiger partial charge in [-0.25, -0.2) is 4.79 Å². The maximum atomic E-state index is 12.9. The predicted octanol–water partition coefficient (Wildman–Crippen LogP) is 4.59. The van der Waals surface area contributed by atoms with E-state index < -0.39 is 11.9 Å². The van der Waals surface area contributed by atoms with Gasteiger partial charge in [0.15, 0.2) is 0 Å². The van der Waals surface area contributed by atoms with E-state index in [2.05, 4.69) is 0 Å². The van der Waals surface area contributed by atoms with Crippen LogP contribution in [0.5, 0.6) is 0 Å². The third kappa shape index (κ3) is 3.34. The average molecular weight is 383 g/mol. The van der Waals surface area contributed by atoms with Gasteiger partial charge in [0.25, 0.3) is 0 Å². The summed E-state index contributed by atoms with van der Waals surface area (Å²) in [7, 11) is 0. The average Bonchev–Trinajstić information content (AvgIpc) is 2.71. The van der Waals surface area contributed by atoms with Gasteiger partial charge >= 0.3 is 5.97 Å². The van der Waals surface area contributed by atoms with Crippen LogP contribution in [0.4, 0.5) is 0 Å². The first kappa shape index (κ1) is 18.7. The monoisotopic (exact) mass is 383 g/mol. The molecule has 0 heterocycles. The molecule has 144 valence electrons. The van der Waals surface area contributed by atoms with Crippen molar-refractivity contribution in [1.82, 2.24) is 0 Å². The van der Waals surface area contributed by atoms with E-state index in [1.54, 1.807) is 26.0 Å². The lowest BCUT2D eigenvalue weighted by atomic mass is 9.87. The van der Waals surface area contributed by atoms with Crippen LogP contribution in [0.15, 0.2) is 72.8 Å². The highest BCUT2D eigenvalue weighted by Gasteiger charge is 2.22. The molecule has 4 heteroatoms. The van der Waals surface area contributed by atoms with E-state index in [9.17, 15) is 14.7 Å². The Bertz CT molecular complexity index is 1250. The van der Waals surface area contributed by atoms with E-state index in [1.807, 2.05) is 54.6 Å². The maximum absolute atomic E-state index is 12.9. The van der Waals surface area contributed by atoms with Gasteiger partial charge in [0.2, 0.25) is 0 Å². The Kier molecular flexibility index (Phi) is 4.77. The van der Waals surface area contributed by atoms with Crippen molar-refractivity contribution in [2.45, 2.75) is 20.0 Å². The van der Waals surface area contributed by atoms with E-state index in [1.165, 1.54) is 6.07 Å². The first-order valence-electron chi connectivity index (χ1n) is 9.43. The molecule has 0 N–H and O–H groups in total. The second-order valence-corrected chi connectivity index (χ2v) is 7.16. The minimum Gasteiger partial charge on any atom is -0.545 e. The van der Waals surface area contributed by atoms with Crippen LogP contribution in [0.3, 0.4) is 0 Å². The molecule has 0 unspecified atom stereocenters. The highest BCUT2D eigenvalue weighted by molar-refractivity contribution is 6.17. The fourth-order valence-electron chi connectivity index (χ4n) is 3.70. The molecule has 0 fully saturated rings. The summed E-state index contributed by atoms with van der Waals surface area (Å²) in [5, 5.41) is 15.3. The number of carbonyl (C=O) groups is 2. The molecule has 0 saturated carbocycles. The number of carboxylic acids is 1. The molecule has 4 aromatic rings. The number of rotatable bonds is 4. The zero-order valence-corrected chi connectivity index (χ0v) is 16.1. The van der Waals surface area contributed by atoms with Crippen LogP contribution in [0, 0.1) is 0 Å². The van der Waals surface area contributed by atoms with Gasteiger partial charge in [-0.2, -0.15) is 0 Å². The fourth-order valence-corrected chi connectivity index (χ4v) is 3.70. The van der Waals surface area contributed by atoms with Gasteiger partial charge < -0.3 is 14.6 Å². The smallest absolute Gasteiger partial charge is 0.339 e. The number of benzene rings is 4. The molecule has 4 nitrogen and oxygen atoms in total. The van der Waals surface area contributed by atoms with Crippen LogP contribution in [0.2, 0.25) is 0 Å². The molecule has 29 heavy (non-hydrogen) atoms. The van der Waals surface area contributed by atoms with Crippen LogP contribution in [-0.4, -0.2) is 18.0 Å². The SMILES string of the molecule is CC(C)OC(=O)c1ccc2ccccc2c1-c1c(C(=O)[O-])ccc2ccccc12. The Labute approximate surface area is 168 Å². The lowest BCUT2D eigenvalue weighted by Crippen LogP contribution is -2.23. The number of hydrogen-bond acceptors (Lipinski definition) is 4. The van der Waals surface area contributed by atoms with Crippen LogP contribution < -0.4 is 5.11 Å². The Morgan fingerprint density at radius 1 is 0.724 bits per heavy atom. The molecular weight excluding hydrogens is 364 g/mol. The summed E-state index contributed by atoms with van der Waals surface area (Å²) in [4.78, 5) is 24.9. The Morgan fingerprint density at radius 3 is 1.72 bits per heavy atom. The molecule has 0 atom stereocenters. The van der Waals surface area contributed by atoms with Crippen LogP contribution in [0.1, 0.15) is 34.6 Å². The third-order valence-corrected chi connectivity index (χ3v) is 4.89. The largest absolute Gasteiger partial charge is 0.545 e. The quantitative estimate of drug-likeness (QED) is 0.484. The number of ether oxygens (including phenoxy) is 1. The number of aromatic carboxylic acids is 1. The summed E-state index contributed by atoms with van der Waals surface area (Å²) in [6.45, 7) is 3.56. The van der Waals surface area contributed by atoms with E-state index in [4.69, 9.17) is 4.74 Å². The van der Waals surface area contributed by atoms with Crippen molar-refractivity contribution in [1.29, 1.82) is 0 Å². The molecule has 4 rings (SSSR count). The van der Waals surface area contributed by atoms with Gasteiger partial charge in [0, 0.05) is 16.7 Å². The highest BCUT2D eigenvalue weighted by Crippen LogP contribution is 2.39. The van der Waals surface area contributed by atoms with E-state index >= 15 is 0 Å². The summed E-state index contributed by atoms with van der Waals surface area (Å²) in [5.41, 5.74) is 1.38. The van der Waals surface area contributed by atoms with Gasteiger partial charge in [0.1, 0.15) is 0 Å². The van der Waals surface area contributed by atoms with Crippen LogP contribution in [-0.2, 0) is 4.74 Å². The lowest BCUT2D eigenvalue weighted by Gasteiger charge is -2.19. The van der Waals surface area contributed by atoms with Gasteiger partial charge in [-0.05, 0) is 41.5 Å². The van der Waals surface area contributed by atoms with Crippen molar-refractivity contribution in [2.24, 2.45) is 0 Å². The number of carbonyl (C=O) groups excluding carboxylic acids is 2. The molecule has 0 aliphatic rings. The number of hydrogen-bond donors (Lipinski definition) is 0. The van der Waals surface area contributed by atoms with Crippen LogP contribution in [0.25, 0.3) is 32.7 Å². The summed E-state index contributed by atoms with van der Waals surface area (Å²) in [6, 6.07) is 21.9. The van der Waals surface area contributed by atoms with E-state index in [-0.39, 0.29) is 11.7 Å². The second-order valence-electron chi connectivity index (χ2n) is 7.16. The maximum Gasteiger partial charge on any atom is 0.339 e. The van der Waals surface area contributed by atoms with E-state index in [0.29, 0.717) is 16.7 Å². The molecule has 0 amide bonds. The first-order chi connectivity index (χ1) is 14.0. The molecular formula is C25H19O4-. The third-order valence-electron chi connectivity index (χ3n) is 4.89. The zero-order chi connectivity index (χ0) is 20.5. The van der Waals surface area contributed by atoms with Crippen molar-refractivity contribution in [3.05, 3.63) is 83.9 Å².